The van der Waals surface area contributed by atoms with Gasteiger partial charge in [-0.2, -0.15) is 0 Å². The molecule has 0 saturated carbocycles. The first-order chi connectivity index (χ1) is 7.66. The van der Waals surface area contributed by atoms with Gasteiger partial charge in [0.15, 0.2) is 10.9 Å². The summed E-state index contributed by atoms with van der Waals surface area (Å²) >= 11 is 1.24. The van der Waals surface area contributed by atoms with Crippen LogP contribution < -0.4 is 5.32 Å². The van der Waals surface area contributed by atoms with Crippen molar-refractivity contribution in [2.45, 2.75) is 0 Å². The number of hydrogen-bond acceptors (Lipinski definition) is 6. The maximum absolute atomic E-state index is 11.5. The molecule has 0 unspecified atom stereocenters. The lowest BCUT2D eigenvalue weighted by Crippen LogP contribution is -2.10. The van der Waals surface area contributed by atoms with Gasteiger partial charge in [-0.05, 0) is 6.07 Å². The van der Waals surface area contributed by atoms with E-state index in [0.717, 1.165) is 6.07 Å². The molecule has 0 radical (unpaired) electrons. The molecule has 1 N–H and O–H groups in total. The Morgan fingerprint density at radius 2 is 2.38 bits per heavy atom. The van der Waals surface area contributed by atoms with Crippen LogP contribution in [0, 0.1) is 10.1 Å². The minimum atomic E-state index is -0.708. The molecular formula is C8H5N3O4S. The van der Waals surface area contributed by atoms with Gasteiger partial charge in [-0.25, -0.2) is 4.98 Å². The van der Waals surface area contributed by atoms with Crippen LogP contribution in [0.15, 0.2) is 28.1 Å². The Kier molecular flexibility index (Phi) is 2.64. The van der Waals surface area contributed by atoms with Gasteiger partial charge in [0.05, 0.1) is 6.07 Å². The van der Waals surface area contributed by atoms with Gasteiger partial charge in [0.1, 0.15) is 4.92 Å². The Bertz CT molecular complexity index is 519. The van der Waals surface area contributed by atoms with Crippen molar-refractivity contribution >= 4 is 28.3 Å². The molecule has 0 aromatic carbocycles. The highest BCUT2D eigenvalue weighted by atomic mass is 32.1. The molecule has 2 heterocycles. The second-order valence-corrected chi connectivity index (χ2v) is 3.58. The van der Waals surface area contributed by atoms with Crippen LogP contribution in [0.3, 0.4) is 0 Å². The first-order valence-electron chi connectivity index (χ1n) is 4.12. The second-order valence-electron chi connectivity index (χ2n) is 2.69. The van der Waals surface area contributed by atoms with Gasteiger partial charge in [-0.3, -0.25) is 20.2 Å². The quantitative estimate of drug-likeness (QED) is 0.651. The van der Waals surface area contributed by atoms with Gasteiger partial charge < -0.3 is 4.42 Å². The summed E-state index contributed by atoms with van der Waals surface area (Å²) in [5.41, 5.74) is 0. The molecule has 8 heteroatoms. The number of carbonyl (C=O) groups excluding carboxylic acids is 1. The number of thiazole rings is 1. The summed E-state index contributed by atoms with van der Waals surface area (Å²) in [5, 5.41) is 14.9. The van der Waals surface area contributed by atoms with Crippen LogP contribution in [0.4, 0.5) is 11.0 Å². The van der Waals surface area contributed by atoms with Crippen LogP contribution in [0.1, 0.15) is 10.6 Å². The third kappa shape index (κ3) is 2.06. The zero-order valence-corrected chi connectivity index (χ0v) is 8.56. The molecular weight excluding hydrogens is 234 g/mol. The molecule has 0 aliphatic carbocycles. The molecule has 0 aliphatic rings. The Morgan fingerprint density at radius 1 is 1.56 bits per heavy atom. The van der Waals surface area contributed by atoms with Crippen LogP contribution in [0.2, 0.25) is 0 Å². The highest BCUT2D eigenvalue weighted by Crippen LogP contribution is 2.17. The molecule has 0 spiro atoms. The molecule has 2 rings (SSSR count). The summed E-state index contributed by atoms with van der Waals surface area (Å²) in [5.74, 6) is -1.16. The van der Waals surface area contributed by atoms with E-state index in [-0.39, 0.29) is 5.76 Å². The number of aromatic nitrogens is 1. The Hall–Kier alpha value is -2.22. The standard InChI is InChI=1S/C8H5N3O4S/c12-7(10-8-9-3-4-16-8)5-1-2-6(15-5)11(13)14/h1-4H,(H,9,10,12). The molecule has 82 valence electrons. The van der Waals surface area contributed by atoms with E-state index in [1.165, 1.54) is 23.6 Å². The summed E-state index contributed by atoms with van der Waals surface area (Å²) in [6.07, 6.45) is 1.53. The Labute approximate surface area is 92.9 Å². The first kappa shape index (κ1) is 10.3. The highest BCUT2D eigenvalue weighted by molar-refractivity contribution is 7.13. The molecule has 0 bridgehead atoms. The minimum absolute atomic E-state index is 0.123. The van der Waals surface area contributed by atoms with Crippen molar-refractivity contribution in [1.82, 2.24) is 4.98 Å². The molecule has 0 aliphatic heterocycles. The molecule has 2 aromatic rings. The van der Waals surface area contributed by atoms with Crippen molar-refractivity contribution in [3.63, 3.8) is 0 Å². The average Bonchev–Trinajstić information content (AvgIpc) is 2.86. The van der Waals surface area contributed by atoms with Crippen molar-refractivity contribution in [2.75, 3.05) is 5.32 Å². The van der Waals surface area contributed by atoms with Crippen LogP contribution in [-0.4, -0.2) is 15.8 Å². The average molecular weight is 239 g/mol. The van der Waals surface area contributed by atoms with E-state index < -0.39 is 16.7 Å². The first-order valence-corrected chi connectivity index (χ1v) is 5.00. The lowest BCUT2D eigenvalue weighted by Gasteiger charge is -1.95. The fraction of sp³-hybridized carbons (Fsp3) is 0. The Balaban J connectivity index is 2.12. The van der Waals surface area contributed by atoms with E-state index in [1.54, 1.807) is 5.38 Å². The van der Waals surface area contributed by atoms with E-state index in [1.807, 2.05) is 0 Å². The van der Waals surface area contributed by atoms with Gasteiger partial charge in [0.25, 0.3) is 5.91 Å². The molecule has 0 fully saturated rings. The summed E-state index contributed by atoms with van der Waals surface area (Å²) in [6, 6.07) is 2.36. The van der Waals surface area contributed by atoms with E-state index in [0.29, 0.717) is 5.13 Å². The third-order valence-corrected chi connectivity index (χ3v) is 2.34. The van der Waals surface area contributed by atoms with E-state index in [4.69, 9.17) is 4.42 Å². The molecule has 16 heavy (non-hydrogen) atoms. The fourth-order valence-corrected chi connectivity index (χ4v) is 1.52. The van der Waals surface area contributed by atoms with E-state index in [9.17, 15) is 14.9 Å². The number of furan rings is 1. The van der Waals surface area contributed by atoms with Gasteiger partial charge in [0, 0.05) is 11.6 Å². The number of carbonyl (C=O) groups is 1. The number of nitrogens with one attached hydrogen (secondary N) is 1. The monoisotopic (exact) mass is 239 g/mol. The number of nitro groups is 1. The maximum atomic E-state index is 11.5. The topological polar surface area (TPSA) is 98.3 Å². The van der Waals surface area contributed by atoms with Gasteiger partial charge in [-0.1, -0.05) is 0 Å². The normalized spacial score (nSPS) is 10.0. The second kappa shape index (κ2) is 4.11. The summed E-state index contributed by atoms with van der Waals surface area (Å²) in [4.78, 5) is 24.9. The van der Waals surface area contributed by atoms with Crippen molar-refractivity contribution in [3.05, 3.63) is 39.6 Å². The lowest BCUT2D eigenvalue weighted by molar-refractivity contribution is -0.402. The number of rotatable bonds is 3. The van der Waals surface area contributed by atoms with Crippen molar-refractivity contribution in [2.24, 2.45) is 0 Å². The predicted molar refractivity (Wildman–Crippen MR) is 55.4 cm³/mol. The zero-order chi connectivity index (χ0) is 11.5. The molecule has 2 aromatic heterocycles. The molecule has 7 nitrogen and oxygen atoms in total. The number of hydrogen-bond donors (Lipinski definition) is 1. The predicted octanol–water partition coefficient (Wildman–Crippen LogP) is 1.90. The van der Waals surface area contributed by atoms with Gasteiger partial charge in [-0.15, -0.1) is 11.3 Å². The van der Waals surface area contributed by atoms with E-state index >= 15 is 0 Å². The van der Waals surface area contributed by atoms with Gasteiger partial charge in [0.2, 0.25) is 0 Å². The number of nitrogens with zero attached hydrogens (tertiary/aromatic N) is 2. The third-order valence-electron chi connectivity index (χ3n) is 1.65. The molecule has 1 amide bonds. The lowest BCUT2D eigenvalue weighted by atomic mass is 10.4. The molecule has 0 saturated heterocycles. The SMILES string of the molecule is O=C(Nc1nccs1)c1ccc([N+](=O)[O-])o1. The fourth-order valence-electron chi connectivity index (χ4n) is 0.992. The number of amides is 1. The van der Waals surface area contributed by atoms with Crippen LogP contribution >= 0.6 is 11.3 Å². The minimum Gasteiger partial charge on any atom is -0.395 e. The zero-order valence-electron chi connectivity index (χ0n) is 7.75. The van der Waals surface area contributed by atoms with Crippen LogP contribution in [0.25, 0.3) is 0 Å². The van der Waals surface area contributed by atoms with Crippen molar-refractivity contribution in [1.29, 1.82) is 0 Å². The van der Waals surface area contributed by atoms with Crippen LogP contribution in [-0.2, 0) is 0 Å². The maximum Gasteiger partial charge on any atom is 0.433 e. The van der Waals surface area contributed by atoms with Crippen molar-refractivity contribution in [3.8, 4) is 0 Å². The smallest absolute Gasteiger partial charge is 0.395 e. The number of anilines is 1. The summed E-state index contributed by atoms with van der Waals surface area (Å²) < 4.78 is 4.72. The molecule has 0 atom stereocenters. The van der Waals surface area contributed by atoms with Gasteiger partial charge >= 0.3 is 5.88 Å². The summed E-state index contributed by atoms with van der Waals surface area (Å²) in [6.45, 7) is 0. The highest BCUT2D eigenvalue weighted by Gasteiger charge is 2.17. The van der Waals surface area contributed by atoms with E-state index in [2.05, 4.69) is 10.3 Å². The largest absolute Gasteiger partial charge is 0.433 e. The van der Waals surface area contributed by atoms with Crippen molar-refractivity contribution < 1.29 is 14.1 Å². The summed E-state index contributed by atoms with van der Waals surface area (Å²) in [7, 11) is 0. The Morgan fingerprint density at radius 3 is 2.94 bits per heavy atom. The van der Waals surface area contributed by atoms with Crippen LogP contribution in [0.5, 0.6) is 0 Å².